The molecule has 218 valence electrons. The molecule has 0 unspecified atom stereocenters. The van der Waals surface area contributed by atoms with Crippen molar-refractivity contribution in [2.45, 2.75) is 68.0 Å². The van der Waals surface area contributed by atoms with Crippen LogP contribution in [-0.4, -0.2) is 52.0 Å². The molecule has 0 radical (unpaired) electrons. The standard InChI is InChI=1S/C33H33FN2O6/c1-21(2)32-31(42-32,29(39)35-25-11-7-4-8-12-25)30(22-9-5-3-6-10-22)33(41-30,23-13-15-24(34)16-14-23)36(32)18-17-27-19-26(37)20-28(38)40-27/h3-16,21,26-27,37H,17-20H2,1-2H3,(H,35,39)/t26-,27-,30-,31-,32+,33+/m1/s1. The lowest BCUT2D eigenvalue weighted by Crippen LogP contribution is -2.52. The summed E-state index contributed by atoms with van der Waals surface area (Å²) in [6.07, 6.45) is -0.597. The summed E-state index contributed by atoms with van der Waals surface area (Å²) in [5.74, 6) is -1.33. The number of halogens is 1. The highest BCUT2D eigenvalue weighted by molar-refractivity contribution is 6.03. The molecule has 7 rings (SSSR count). The lowest BCUT2D eigenvalue weighted by molar-refractivity contribution is -0.161. The highest BCUT2D eigenvalue weighted by Crippen LogP contribution is 2.86. The number of nitrogens with one attached hydrogen (secondary N) is 1. The van der Waals surface area contributed by atoms with Crippen LogP contribution in [0.2, 0.25) is 0 Å². The summed E-state index contributed by atoms with van der Waals surface area (Å²) < 4.78 is 33.4. The van der Waals surface area contributed by atoms with Crippen LogP contribution >= 0.6 is 0 Å². The Morgan fingerprint density at radius 1 is 1.00 bits per heavy atom. The molecule has 0 aromatic heterocycles. The molecular formula is C33H33FN2O6. The van der Waals surface area contributed by atoms with Crippen LogP contribution in [-0.2, 0) is 35.1 Å². The number of rotatable bonds is 8. The van der Waals surface area contributed by atoms with Crippen molar-refractivity contribution < 1.29 is 33.3 Å². The van der Waals surface area contributed by atoms with E-state index in [9.17, 15) is 19.1 Å². The van der Waals surface area contributed by atoms with Crippen LogP contribution in [0.25, 0.3) is 0 Å². The van der Waals surface area contributed by atoms with Gasteiger partial charge in [-0.1, -0.05) is 74.5 Å². The molecule has 0 aliphatic carbocycles. The van der Waals surface area contributed by atoms with Crippen molar-refractivity contribution >= 4 is 17.6 Å². The molecule has 3 aromatic carbocycles. The number of carbonyl (C=O) groups excluding carboxylic acids is 2. The average Bonchev–Trinajstić information content (AvgIpc) is 3.86. The quantitative estimate of drug-likeness (QED) is 0.304. The van der Waals surface area contributed by atoms with Crippen molar-refractivity contribution in [1.82, 2.24) is 4.90 Å². The number of para-hydroxylation sites is 1. The topological polar surface area (TPSA) is 104 Å². The molecule has 8 nitrogen and oxygen atoms in total. The van der Waals surface area contributed by atoms with E-state index in [1.54, 1.807) is 12.1 Å². The van der Waals surface area contributed by atoms with E-state index >= 15 is 0 Å². The summed E-state index contributed by atoms with van der Waals surface area (Å²) in [5.41, 5.74) is -2.89. The predicted molar refractivity (Wildman–Crippen MR) is 150 cm³/mol. The zero-order valence-corrected chi connectivity index (χ0v) is 23.5. The van der Waals surface area contributed by atoms with Gasteiger partial charge in [-0.15, -0.1) is 0 Å². The van der Waals surface area contributed by atoms with Gasteiger partial charge in [-0.2, -0.15) is 0 Å². The van der Waals surface area contributed by atoms with Crippen LogP contribution in [0.5, 0.6) is 0 Å². The minimum atomic E-state index is -1.46. The number of aliphatic hydroxyl groups is 1. The molecule has 1 amide bonds. The van der Waals surface area contributed by atoms with Crippen molar-refractivity contribution in [2.75, 3.05) is 11.9 Å². The minimum absolute atomic E-state index is 0.0260. The van der Waals surface area contributed by atoms with Gasteiger partial charge in [-0.25, -0.2) is 9.29 Å². The van der Waals surface area contributed by atoms with Gasteiger partial charge in [0.25, 0.3) is 5.91 Å². The van der Waals surface area contributed by atoms with E-state index in [2.05, 4.69) is 10.2 Å². The highest BCUT2D eigenvalue weighted by atomic mass is 19.1. The molecule has 6 atom stereocenters. The van der Waals surface area contributed by atoms with E-state index < -0.39 is 40.8 Å². The van der Waals surface area contributed by atoms with E-state index in [0.29, 0.717) is 30.6 Å². The first-order valence-electron chi connectivity index (χ1n) is 14.4. The number of fused-ring (bicyclic) bond motifs is 3. The maximum atomic E-state index is 14.6. The number of epoxide rings is 2. The maximum Gasteiger partial charge on any atom is 0.308 e. The van der Waals surface area contributed by atoms with Gasteiger partial charge in [0.15, 0.2) is 17.1 Å². The zero-order chi connectivity index (χ0) is 29.3. The number of aliphatic hydroxyl groups excluding tert-OH is 1. The number of esters is 1. The second kappa shape index (κ2) is 9.44. The first kappa shape index (κ1) is 27.2. The largest absolute Gasteiger partial charge is 0.462 e. The number of carbonyl (C=O) groups is 2. The number of likely N-dealkylation sites (tertiary alicyclic amines) is 1. The molecule has 9 heteroatoms. The fraction of sp³-hybridized carbons (Fsp3) is 0.394. The van der Waals surface area contributed by atoms with E-state index in [4.69, 9.17) is 14.2 Å². The summed E-state index contributed by atoms with van der Waals surface area (Å²) in [6.45, 7) is 4.35. The lowest BCUT2D eigenvalue weighted by atomic mass is 9.76. The Labute approximate surface area is 243 Å². The third kappa shape index (κ3) is 3.48. The average molecular weight is 573 g/mol. The molecule has 4 saturated heterocycles. The van der Waals surface area contributed by atoms with Crippen LogP contribution in [0.4, 0.5) is 10.1 Å². The fourth-order valence-corrected chi connectivity index (χ4v) is 7.57. The smallest absolute Gasteiger partial charge is 0.308 e. The summed E-state index contributed by atoms with van der Waals surface area (Å²) in [4.78, 5) is 28.8. The summed E-state index contributed by atoms with van der Waals surface area (Å²) in [7, 11) is 0. The Kier molecular flexibility index (Phi) is 6.12. The number of anilines is 1. The second-order valence-electron chi connectivity index (χ2n) is 11.9. The molecular weight excluding hydrogens is 539 g/mol. The number of amides is 1. The molecule has 4 heterocycles. The first-order chi connectivity index (χ1) is 20.2. The van der Waals surface area contributed by atoms with Gasteiger partial charge in [0, 0.05) is 24.2 Å². The van der Waals surface area contributed by atoms with Crippen LogP contribution in [0.15, 0.2) is 84.9 Å². The third-order valence-electron chi connectivity index (χ3n) is 9.24. The van der Waals surface area contributed by atoms with Crippen LogP contribution in [0.3, 0.4) is 0 Å². The SMILES string of the molecule is CC(C)[C@]12O[C@]1(C(=O)Nc1ccccc1)[C@@]1(c3ccccc3)O[C@]1(c1ccc(F)cc1)N2CC[C@@H]1C[C@@H](O)CC(=O)O1. The van der Waals surface area contributed by atoms with E-state index in [-0.39, 0.29) is 24.1 Å². The predicted octanol–water partition coefficient (Wildman–Crippen LogP) is 4.44. The number of nitrogens with zero attached hydrogens (tertiary/aromatic N) is 1. The van der Waals surface area contributed by atoms with Gasteiger partial charge >= 0.3 is 5.97 Å². The Morgan fingerprint density at radius 3 is 2.31 bits per heavy atom. The molecule has 3 aromatic rings. The van der Waals surface area contributed by atoms with E-state index in [1.165, 1.54) is 12.1 Å². The number of hydrogen-bond acceptors (Lipinski definition) is 7. The zero-order valence-electron chi connectivity index (χ0n) is 23.5. The monoisotopic (exact) mass is 572 g/mol. The summed E-state index contributed by atoms with van der Waals surface area (Å²) >= 11 is 0. The van der Waals surface area contributed by atoms with Gasteiger partial charge in [-0.3, -0.25) is 9.59 Å². The van der Waals surface area contributed by atoms with Crippen molar-refractivity contribution in [2.24, 2.45) is 5.92 Å². The Morgan fingerprint density at radius 2 is 1.67 bits per heavy atom. The van der Waals surface area contributed by atoms with Gasteiger partial charge in [0.05, 0.1) is 12.5 Å². The van der Waals surface area contributed by atoms with Gasteiger partial charge in [0.2, 0.25) is 5.60 Å². The van der Waals surface area contributed by atoms with Gasteiger partial charge in [0.1, 0.15) is 11.9 Å². The Balaban J connectivity index is 1.39. The van der Waals surface area contributed by atoms with E-state index in [1.807, 2.05) is 74.5 Å². The molecule has 42 heavy (non-hydrogen) atoms. The number of benzene rings is 3. The summed E-state index contributed by atoms with van der Waals surface area (Å²) in [5, 5.41) is 13.3. The van der Waals surface area contributed by atoms with Crippen LogP contribution in [0, 0.1) is 11.7 Å². The van der Waals surface area contributed by atoms with Crippen LogP contribution < -0.4 is 5.32 Å². The molecule has 4 aliphatic rings. The molecule has 4 aliphatic heterocycles. The lowest BCUT2D eigenvalue weighted by Gasteiger charge is -2.36. The third-order valence-corrected chi connectivity index (χ3v) is 9.24. The molecule has 2 N–H and O–H groups in total. The number of cyclic esters (lactones) is 1. The second-order valence-corrected chi connectivity index (χ2v) is 11.9. The fourth-order valence-electron chi connectivity index (χ4n) is 7.57. The van der Waals surface area contributed by atoms with E-state index in [0.717, 1.165) is 5.56 Å². The van der Waals surface area contributed by atoms with Crippen LogP contribution in [0.1, 0.15) is 44.2 Å². The molecule has 4 fully saturated rings. The van der Waals surface area contributed by atoms with Crippen molar-refractivity contribution in [3.05, 3.63) is 102 Å². The van der Waals surface area contributed by atoms with Crippen molar-refractivity contribution in [3.8, 4) is 0 Å². The first-order valence-corrected chi connectivity index (χ1v) is 14.4. The number of ether oxygens (including phenoxy) is 3. The van der Waals surface area contributed by atoms with Crippen molar-refractivity contribution in [3.63, 3.8) is 0 Å². The minimum Gasteiger partial charge on any atom is -0.462 e. The number of hydrogen-bond donors (Lipinski definition) is 2. The summed E-state index contributed by atoms with van der Waals surface area (Å²) in [6, 6.07) is 24.9. The normalized spacial score (nSPS) is 34.8. The maximum absolute atomic E-state index is 14.6. The van der Waals surface area contributed by atoms with Crippen molar-refractivity contribution in [1.29, 1.82) is 0 Å². The molecule has 0 spiro atoms. The van der Waals surface area contributed by atoms with Gasteiger partial charge in [-0.05, 0) is 42.2 Å². The molecule has 0 bridgehead atoms. The molecule has 0 saturated carbocycles. The Hall–Kier alpha value is -3.63. The highest BCUT2D eigenvalue weighted by Gasteiger charge is 3.06. The Bertz CT molecular complexity index is 1520. The van der Waals surface area contributed by atoms with Gasteiger partial charge < -0.3 is 24.6 Å².